The maximum atomic E-state index is 9.48. The summed E-state index contributed by atoms with van der Waals surface area (Å²) in [6, 6.07) is 11.9. The fourth-order valence-electron chi connectivity index (χ4n) is 2.48. The summed E-state index contributed by atoms with van der Waals surface area (Å²) in [6.45, 7) is 4.06. The molecule has 0 aliphatic carbocycles. The highest BCUT2D eigenvalue weighted by Crippen LogP contribution is 2.26. The zero-order chi connectivity index (χ0) is 15.0. The molecule has 1 atom stereocenters. The van der Waals surface area contributed by atoms with Crippen molar-refractivity contribution in [3.05, 3.63) is 41.5 Å². The largest absolute Gasteiger partial charge is 0.392 e. The summed E-state index contributed by atoms with van der Waals surface area (Å²) in [7, 11) is 0. The number of anilines is 1. The van der Waals surface area contributed by atoms with Gasteiger partial charge in [0.05, 0.1) is 22.7 Å². The molecule has 21 heavy (non-hydrogen) atoms. The topological polar surface area (TPSA) is 73.3 Å². The van der Waals surface area contributed by atoms with Gasteiger partial charge in [-0.25, -0.2) is 4.98 Å². The van der Waals surface area contributed by atoms with Crippen LogP contribution in [0.4, 0.5) is 5.82 Å². The van der Waals surface area contributed by atoms with Crippen LogP contribution >= 0.6 is 0 Å². The number of imidazole rings is 1. The normalized spacial score (nSPS) is 12.5. The Hall–Kier alpha value is -2.58. The molecule has 2 aromatic heterocycles. The van der Waals surface area contributed by atoms with Crippen molar-refractivity contribution in [3.8, 4) is 6.07 Å². The number of para-hydroxylation sites is 2. The molecule has 5 nitrogen and oxygen atoms in total. The first kappa shape index (κ1) is 13.4. The number of nitrogens with one attached hydrogen (secondary N) is 1. The summed E-state index contributed by atoms with van der Waals surface area (Å²) < 4.78 is 1.93. The van der Waals surface area contributed by atoms with Gasteiger partial charge in [0, 0.05) is 6.54 Å². The van der Waals surface area contributed by atoms with E-state index in [1.807, 2.05) is 41.7 Å². The summed E-state index contributed by atoms with van der Waals surface area (Å²) in [6.07, 6.45) is -0.453. The smallest absolute Gasteiger partial charge is 0.157 e. The van der Waals surface area contributed by atoms with Crippen LogP contribution in [0.25, 0.3) is 16.7 Å². The van der Waals surface area contributed by atoms with Crippen molar-refractivity contribution in [1.82, 2.24) is 9.38 Å². The molecule has 3 rings (SSSR count). The number of hydrogen-bond acceptors (Lipinski definition) is 4. The number of hydrogen-bond donors (Lipinski definition) is 2. The molecule has 3 aromatic rings. The van der Waals surface area contributed by atoms with Crippen LogP contribution in [0, 0.1) is 18.3 Å². The molecule has 0 saturated carbocycles. The Bertz CT molecular complexity index is 858. The molecule has 0 aliphatic rings. The molecule has 106 valence electrons. The van der Waals surface area contributed by atoms with Gasteiger partial charge in [0.15, 0.2) is 5.65 Å². The Kier molecular flexibility index (Phi) is 3.24. The number of aliphatic hydroxyl groups excluding tert-OH is 1. The van der Waals surface area contributed by atoms with Crippen LogP contribution in [0.5, 0.6) is 0 Å². The Morgan fingerprint density at radius 1 is 1.43 bits per heavy atom. The maximum absolute atomic E-state index is 9.48. The van der Waals surface area contributed by atoms with Crippen molar-refractivity contribution >= 4 is 22.5 Å². The molecule has 0 spiro atoms. The maximum Gasteiger partial charge on any atom is 0.157 e. The fourth-order valence-corrected chi connectivity index (χ4v) is 2.48. The van der Waals surface area contributed by atoms with Crippen LogP contribution < -0.4 is 5.32 Å². The molecule has 0 aliphatic heterocycles. The minimum absolute atomic E-state index is 0.437. The molecule has 1 aromatic carbocycles. The monoisotopic (exact) mass is 280 g/mol. The molecular formula is C16H16N4O. The minimum atomic E-state index is -0.453. The van der Waals surface area contributed by atoms with Crippen molar-refractivity contribution in [2.75, 3.05) is 11.9 Å². The lowest BCUT2D eigenvalue weighted by Gasteiger charge is -2.13. The van der Waals surface area contributed by atoms with Crippen molar-refractivity contribution in [1.29, 1.82) is 5.26 Å². The van der Waals surface area contributed by atoms with Crippen LogP contribution in [0.1, 0.15) is 18.1 Å². The molecule has 5 heteroatoms. The predicted molar refractivity (Wildman–Crippen MR) is 82.3 cm³/mol. The van der Waals surface area contributed by atoms with E-state index >= 15 is 0 Å². The van der Waals surface area contributed by atoms with Crippen molar-refractivity contribution in [3.63, 3.8) is 0 Å². The van der Waals surface area contributed by atoms with Crippen molar-refractivity contribution in [2.24, 2.45) is 0 Å². The number of rotatable bonds is 3. The van der Waals surface area contributed by atoms with Crippen LogP contribution in [-0.4, -0.2) is 27.1 Å². The lowest BCUT2D eigenvalue weighted by Crippen LogP contribution is -2.17. The van der Waals surface area contributed by atoms with Gasteiger partial charge in [-0.2, -0.15) is 5.26 Å². The van der Waals surface area contributed by atoms with Gasteiger partial charge in [0.25, 0.3) is 0 Å². The summed E-state index contributed by atoms with van der Waals surface area (Å²) in [4.78, 5) is 4.57. The van der Waals surface area contributed by atoms with Crippen LogP contribution in [0.2, 0.25) is 0 Å². The third-order valence-electron chi connectivity index (χ3n) is 3.46. The Morgan fingerprint density at radius 2 is 2.19 bits per heavy atom. The number of nitrogens with zero attached hydrogens (tertiary/aromatic N) is 3. The molecule has 0 saturated heterocycles. The minimum Gasteiger partial charge on any atom is -0.392 e. The van der Waals surface area contributed by atoms with Gasteiger partial charge in [-0.15, -0.1) is 0 Å². The molecule has 2 N–H and O–H groups in total. The van der Waals surface area contributed by atoms with Gasteiger partial charge in [-0.1, -0.05) is 12.1 Å². The highest BCUT2D eigenvalue weighted by molar-refractivity contribution is 5.85. The molecule has 2 heterocycles. The van der Waals surface area contributed by atoms with Crippen LogP contribution in [-0.2, 0) is 0 Å². The van der Waals surface area contributed by atoms with E-state index < -0.39 is 6.10 Å². The highest BCUT2D eigenvalue weighted by atomic mass is 16.3. The molecule has 0 amide bonds. The van der Waals surface area contributed by atoms with E-state index in [1.54, 1.807) is 6.92 Å². The highest BCUT2D eigenvalue weighted by Gasteiger charge is 2.14. The second-order valence-corrected chi connectivity index (χ2v) is 5.19. The first-order valence-corrected chi connectivity index (χ1v) is 6.84. The number of fused-ring (bicyclic) bond motifs is 3. The number of pyridine rings is 1. The van der Waals surface area contributed by atoms with E-state index in [9.17, 15) is 10.4 Å². The van der Waals surface area contributed by atoms with Gasteiger partial charge >= 0.3 is 0 Å². The first-order chi connectivity index (χ1) is 10.1. The third kappa shape index (κ3) is 2.20. The Labute approximate surface area is 122 Å². The third-order valence-corrected chi connectivity index (χ3v) is 3.46. The van der Waals surface area contributed by atoms with E-state index in [0.29, 0.717) is 17.8 Å². The summed E-state index contributed by atoms with van der Waals surface area (Å²) in [5, 5.41) is 22.1. The number of benzene rings is 1. The summed E-state index contributed by atoms with van der Waals surface area (Å²) in [5.41, 5.74) is 3.88. The van der Waals surface area contributed by atoms with E-state index in [-0.39, 0.29) is 0 Å². The van der Waals surface area contributed by atoms with Crippen LogP contribution in [0.3, 0.4) is 0 Å². The molecule has 0 fully saturated rings. The molecule has 1 unspecified atom stereocenters. The second-order valence-electron chi connectivity index (χ2n) is 5.19. The van der Waals surface area contributed by atoms with Gasteiger partial charge in [0.2, 0.25) is 0 Å². The van der Waals surface area contributed by atoms with E-state index in [1.165, 1.54) is 0 Å². The van der Waals surface area contributed by atoms with Gasteiger partial charge < -0.3 is 10.4 Å². The zero-order valence-electron chi connectivity index (χ0n) is 12.0. The second kappa shape index (κ2) is 5.08. The fraction of sp³-hybridized carbons (Fsp3) is 0.250. The number of aliphatic hydroxyl groups is 1. The Balaban J connectivity index is 2.34. The zero-order valence-corrected chi connectivity index (χ0v) is 12.0. The average molecular weight is 280 g/mol. The first-order valence-electron chi connectivity index (χ1n) is 6.84. The quantitative estimate of drug-likeness (QED) is 0.773. The number of aromatic nitrogens is 2. The standard InChI is InChI=1S/C16H16N4O/c1-10-7-15(18-9-11(2)21)20-14-6-4-3-5-13(14)19-16(20)12(10)8-17/h3-7,11,18,21H,9H2,1-2H3. The number of nitriles is 1. The van der Waals surface area contributed by atoms with Gasteiger partial charge in [0.1, 0.15) is 11.9 Å². The number of aryl methyl sites for hydroxylation is 1. The van der Waals surface area contributed by atoms with E-state index in [2.05, 4.69) is 16.4 Å². The van der Waals surface area contributed by atoms with Crippen LogP contribution in [0.15, 0.2) is 30.3 Å². The summed E-state index contributed by atoms with van der Waals surface area (Å²) in [5.74, 6) is 0.830. The van der Waals surface area contributed by atoms with Crippen molar-refractivity contribution in [2.45, 2.75) is 20.0 Å². The lowest BCUT2D eigenvalue weighted by molar-refractivity contribution is 0.208. The summed E-state index contributed by atoms with van der Waals surface area (Å²) >= 11 is 0. The molecule has 0 radical (unpaired) electrons. The lowest BCUT2D eigenvalue weighted by atomic mass is 10.1. The average Bonchev–Trinajstić information content (AvgIpc) is 2.84. The predicted octanol–water partition coefficient (Wildman–Crippen LogP) is 2.46. The SMILES string of the molecule is Cc1cc(NCC(C)O)n2c(nc3ccccc32)c1C#N. The van der Waals surface area contributed by atoms with Gasteiger partial charge in [-0.05, 0) is 37.6 Å². The van der Waals surface area contributed by atoms with Gasteiger partial charge in [-0.3, -0.25) is 4.40 Å². The van der Waals surface area contributed by atoms with E-state index in [4.69, 9.17) is 0 Å². The molecular weight excluding hydrogens is 264 g/mol. The Morgan fingerprint density at radius 3 is 2.90 bits per heavy atom. The van der Waals surface area contributed by atoms with Crippen molar-refractivity contribution < 1.29 is 5.11 Å². The molecule has 0 bridgehead atoms. The van der Waals surface area contributed by atoms with E-state index in [0.717, 1.165) is 22.4 Å².